The number of aromatic nitrogens is 2. The minimum atomic E-state index is -0.233. The van der Waals surface area contributed by atoms with E-state index in [0.29, 0.717) is 12.0 Å². The molecule has 1 aliphatic heterocycles. The van der Waals surface area contributed by atoms with Crippen molar-refractivity contribution in [1.29, 1.82) is 0 Å². The van der Waals surface area contributed by atoms with Gasteiger partial charge in [-0.25, -0.2) is 0 Å². The second-order valence-corrected chi connectivity index (χ2v) is 5.67. The van der Waals surface area contributed by atoms with Crippen molar-refractivity contribution in [3.8, 4) is 0 Å². The fraction of sp³-hybridized carbons (Fsp3) is 0.846. The fourth-order valence-electron chi connectivity index (χ4n) is 2.77. The highest BCUT2D eigenvalue weighted by atomic mass is 16.5. The maximum Gasteiger partial charge on any atom is 0.229 e. The first-order valence-corrected chi connectivity index (χ1v) is 6.97. The van der Waals surface area contributed by atoms with Crippen molar-refractivity contribution in [3.63, 3.8) is 0 Å². The Kier molecular flexibility index (Phi) is 3.35. The molecule has 3 rings (SSSR count). The van der Waals surface area contributed by atoms with Crippen LogP contribution in [0.3, 0.4) is 0 Å². The smallest absolute Gasteiger partial charge is 0.229 e. The normalized spacial score (nSPS) is 26.7. The number of hydrogen-bond acceptors (Lipinski definition) is 5. The van der Waals surface area contributed by atoms with Crippen LogP contribution in [0.4, 0.5) is 0 Å². The Morgan fingerprint density at radius 2 is 2.28 bits per heavy atom. The summed E-state index contributed by atoms with van der Waals surface area (Å²) in [5.74, 6) is 2.14. The molecule has 100 valence electrons. The predicted octanol–water partition coefficient (Wildman–Crippen LogP) is 1.68. The van der Waals surface area contributed by atoms with E-state index in [-0.39, 0.29) is 6.10 Å². The molecule has 18 heavy (non-hydrogen) atoms. The van der Waals surface area contributed by atoms with Gasteiger partial charge in [0.25, 0.3) is 0 Å². The molecule has 0 aromatic carbocycles. The largest absolute Gasteiger partial charge is 0.393 e. The van der Waals surface area contributed by atoms with E-state index in [1.54, 1.807) is 0 Å². The molecule has 5 heteroatoms. The summed E-state index contributed by atoms with van der Waals surface area (Å²) in [5, 5.41) is 13.6. The highest BCUT2D eigenvalue weighted by molar-refractivity contribution is 5.02. The number of likely N-dealkylation sites (tertiary alicyclic amines) is 1. The molecule has 0 amide bonds. The van der Waals surface area contributed by atoms with Gasteiger partial charge in [0.1, 0.15) is 0 Å². The standard InChI is InChI=1S/C13H21N3O2/c1-9(17)7-11-3-2-6-16(11)8-12-14-13(18-15-12)10-4-5-10/h9-11,17H,2-8H2,1H3. The second kappa shape index (κ2) is 4.97. The number of aliphatic hydroxyl groups is 1. The van der Waals surface area contributed by atoms with Crippen LogP contribution in [0, 0.1) is 0 Å². The lowest BCUT2D eigenvalue weighted by Crippen LogP contribution is -2.31. The summed E-state index contributed by atoms with van der Waals surface area (Å²) in [6.45, 7) is 3.69. The third-order valence-electron chi connectivity index (χ3n) is 3.87. The molecule has 2 unspecified atom stereocenters. The zero-order valence-electron chi connectivity index (χ0n) is 10.9. The van der Waals surface area contributed by atoms with Crippen molar-refractivity contribution in [1.82, 2.24) is 15.0 Å². The van der Waals surface area contributed by atoms with Crippen LogP contribution in [0.1, 0.15) is 56.7 Å². The van der Waals surface area contributed by atoms with Gasteiger partial charge in [0, 0.05) is 12.0 Å². The van der Waals surface area contributed by atoms with Crippen LogP contribution in [-0.4, -0.2) is 38.8 Å². The Bertz CT molecular complexity index is 401. The highest BCUT2D eigenvalue weighted by Gasteiger charge is 2.31. The van der Waals surface area contributed by atoms with Crippen molar-refractivity contribution in [2.75, 3.05) is 6.54 Å². The molecule has 1 aromatic rings. The number of nitrogens with zero attached hydrogens (tertiary/aromatic N) is 3. The first-order valence-electron chi connectivity index (χ1n) is 6.97. The van der Waals surface area contributed by atoms with Crippen LogP contribution in [0.25, 0.3) is 0 Å². The lowest BCUT2D eigenvalue weighted by atomic mass is 10.1. The molecular weight excluding hydrogens is 230 g/mol. The predicted molar refractivity (Wildman–Crippen MR) is 66.0 cm³/mol. The van der Waals surface area contributed by atoms with Gasteiger partial charge in [0.15, 0.2) is 5.82 Å². The zero-order valence-corrected chi connectivity index (χ0v) is 10.9. The lowest BCUT2D eigenvalue weighted by molar-refractivity contribution is 0.129. The number of hydrogen-bond donors (Lipinski definition) is 1. The van der Waals surface area contributed by atoms with E-state index < -0.39 is 0 Å². The topological polar surface area (TPSA) is 62.4 Å². The maximum absolute atomic E-state index is 9.51. The molecule has 5 nitrogen and oxygen atoms in total. The summed E-state index contributed by atoms with van der Waals surface area (Å²) in [5.41, 5.74) is 0. The van der Waals surface area contributed by atoms with E-state index in [4.69, 9.17) is 4.52 Å². The van der Waals surface area contributed by atoms with Crippen molar-refractivity contribution < 1.29 is 9.63 Å². The summed E-state index contributed by atoms with van der Waals surface area (Å²) in [6, 6.07) is 0.466. The summed E-state index contributed by atoms with van der Waals surface area (Å²) in [7, 11) is 0. The van der Waals surface area contributed by atoms with Gasteiger partial charge in [0.2, 0.25) is 5.89 Å². The van der Waals surface area contributed by atoms with Crippen molar-refractivity contribution in [3.05, 3.63) is 11.7 Å². The molecule has 1 saturated carbocycles. The summed E-state index contributed by atoms with van der Waals surface area (Å²) >= 11 is 0. The molecule has 2 atom stereocenters. The van der Waals surface area contributed by atoms with Crippen LogP contribution < -0.4 is 0 Å². The molecule has 0 spiro atoms. The summed E-state index contributed by atoms with van der Waals surface area (Å²) in [6.07, 6.45) is 5.35. The van der Waals surface area contributed by atoms with E-state index in [1.165, 1.54) is 19.3 Å². The van der Waals surface area contributed by atoms with Crippen LogP contribution in [-0.2, 0) is 6.54 Å². The maximum atomic E-state index is 9.51. The van der Waals surface area contributed by atoms with E-state index in [2.05, 4.69) is 15.0 Å². The van der Waals surface area contributed by atoms with Crippen molar-refractivity contribution >= 4 is 0 Å². The SMILES string of the molecule is CC(O)CC1CCCN1Cc1noc(C2CC2)n1. The summed E-state index contributed by atoms with van der Waals surface area (Å²) in [4.78, 5) is 6.84. The van der Waals surface area contributed by atoms with E-state index in [0.717, 1.165) is 37.6 Å². The molecule has 1 saturated heterocycles. The van der Waals surface area contributed by atoms with Gasteiger partial charge in [-0.2, -0.15) is 4.98 Å². The third kappa shape index (κ3) is 2.72. The van der Waals surface area contributed by atoms with Gasteiger partial charge in [-0.05, 0) is 45.6 Å². The first-order chi connectivity index (χ1) is 8.72. The molecule has 1 N–H and O–H groups in total. The van der Waals surface area contributed by atoms with Crippen molar-refractivity contribution in [2.45, 2.75) is 63.6 Å². The van der Waals surface area contributed by atoms with Gasteiger partial charge in [-0.15, -0.1) is 0 Å². The monoisotopic (exact) mass is 251 g/mol. The van der Waals surface area contributed by atoms with Crippen molar-refractivity contribution in [2.24, 2.45) is 0 Å². The molecule has 2 aliphatic rings. The molecule has 1 aromatic heterocycles. The Morgan fingerprint density at radius 3 is 3.00 bits per heavy atom. The average Bonchev–Trinajstić information content (AvgIpc) is 2.93. The van der Waals surface area contributed by atoms with E-state index in [9.17, 15) is 5.11 Å². The Labute approximate surface area is 107 Å². The Hall–Kier alpha value is -0.940. The lowest BCUT2D eigenvalue weighted by Gasteiger charge is -2.23. The molecule has 2 heterocycles. The van der Waals surface area contributed by atoms with Crippen LogP contribution in [0.5, 0.6) is 0 Å². The van der Waals surface area contributed by atoms with E-state index in [1.807, 2.05) is 6.92 Å². The quantitative estimate of drug-likeness (QED) is 0.862. The van der Waals surface area contributed by atoms with Gasteiger partial charge < -0.3 is 9.63 Å². The minimum Gasteiger partial charge on any atom is -0.393 e. The Balaban J connectivity index is 1.59. The molecular formula is C13H21N3O2. The number of rotatable bonds is 5. The van der Waals surface area contributed by atoms with Crippen LogP contribution >= 0.6 is 0 Å². The highest BCUT2D eigenvalue weighted by Crippen LogP contribution is 2.39. The van der Waals surface area contributed by atoms with Gasteiger partial charge in [0.05, 0.1) is 12.6 Å². The average molecular weight is 251 g/mol. The third-order valence-corrected chi connectivity index (χ3v) is 3.87. The Morgan fingerprint density at radius 1 is 1.44 bits per heavy atom. The first kappa shape index (κ1) is 12.1. The van der Waals surface area contributed by atoms with Crippen LogP contribution in [0.15, 0.2) is 4.52 Å². The number of aliphatic hydroxyl groups excluding tert-OH is 1. The second-order valence-electron chi connectivity index (χ2n) is 5.67. The van der Waals surface area contributed by atoms with Crippen LogP contribution in [0.2, 0.25) is 0 Å². The zero-order chi connectivity index (χ0) is 12.5. The molecule has 1 aliphatic carbocycles. The van der Waals surface area contributed by atoms with E-state index >= 15 is 0 Å². The minimum absolute atomic E-state index is 0.233. The van der Waals surface area contributed by atoms with Gasteiger partial charge >= 0.3 is 0 Å². The molecule has 2 fully saturated rings. The van der Waals surface area contributed by atoms with Gasteiger partial charge in [-0.1, -0.05) is 5.16 Å². The molecule has 0 radical (unpaired) electrons. The summed E-state index contributed by atoms with van der Waals surface area (Å²) < 4.78 is 5.28. The fourth-order valence-corrected chi connectivity index (χ4v) is 2.77. The van der Waals surface area contributed by atoms with Gasteiger partial charge in [-0.3, -0.25) is 4.90 Å². The molecule has 0 bridgehead atoms.